The number of hydrogen-bond donors (Lipinski definition) is 2. The highest BCUT2D eigenvalue weighted by Gasteiger charge is 2.52. The number of nitrogens with one attached hydrogen (secondary N) is 1. The van der Waals surface area contributed by atoms with Gasteiger partial charge in [0.1, 0.15) is 0 Å². The van der Waals surface area contributed by atoms with Crippen molar-refractivity contribution in [2.75, 3.05) is 19.6 Å². The van der Waals surface area contributed by atoms with Crippen LogP contribution in [0.3, 0.4) is 0 Å². The molecule has 0 spiro atoms. The molecule has 3 heterocycles. The summed E-state index contributed by atoms with van der Waals surface area (Å²) in [4.78, 5) is 28.1. The molecule has 0 aromatic carbocycles. The quantitative estimate of drug-likeness (QED) is 0.818. The van der Waals surface area contributed by atoms with Crippen LogP contribution in [0.4, 0.5) is 4.79 Å². The SMILES string of the molecule is CCN(C(=O)N1C2CCC1C(C(=O)O)C2)C1CCNCC1. The van der Waals surface area contributed by atoms with E-state index in [1.165, 1.54) is 0 Å². The summed E-state index contributed by atoms with van der Waals surface area (Å²) in [5, 5.41) is 12.6. The van der Waals surface area contributed by atoms with Crippen LogP contribution in [0.15, 0.2) is 0 Å². The van der Waals surface area contributed by atoms with Crippen molar-refractivity contribution >= 4 is 12.0 Å². The van der Waals surface area contributed by atoms with Crippen LogP contribution < -0.4 is 5.32 Å². The highest BCUT2D eigenvalue weighted by atomic mass is 16.4. The molecule has 3 rings (SSSR count). The van der Waals surface area contributed by atoms with E-state index < -0.39 is 5.97 Å². The Hall–Kier alpha value is -1.30. The smallest absolute Gasteiger partial charge is 0.320 e. The number of nitrogens with zero attached hydrogens (tertiary/aromatic N) is 2. The second-order valence-corrected chi connectivity index (χ2v) is 6.44. The molecule has 3 unspecified atom stereocenters. The molecule has 6 heteroatoms. The number of carboxylic acids is 1. The number of amides is 2. The first-order chi connectivity index (χ1) is 10.1. The fourth-order valence-corrected chi connectivity index (χ4v) is 4.37. The maximum atomic E-state index is 12.9. The first-order valence-electron chi connectivity index (χ1n) is 8.16. The summed E-state index contributed by atoms with van der Waals surface area (Å²) < 4.78 is 0. The van der Waals surface area contributed by atoms with Crippen LogP contribution in [0.1, 0.15) is 39.0 Å². The Morgan fingerprint density at radius 2 is 1.95 bits per heavy atom. The topological polar surface area (TPSA) is 72.9 Å². The van der Waals surface area contributed by atoms with Crippen molar-refractivity contribution in [1.82, 2.24) is 15.1 Å². The van der Waals surface area contributed by atoms with Crippen molar-refractivity contribution in [2.45, 2.75) is 57.2 Å². The largest absolute Gasteiger partial charge is 0.481 e. The van der Waals surface area contributed by atoms with Crippen LogP contribution in [0.25, 0.3) is 0 Å². The third-order valence-electron chi connectivity index (χ3n) is 5.41. The molecule has 0 radical (unpaired) electrons. The van der Waals surface area contributed by atoms with E-state index >= 15 is 0 Å². The summed E-state index contributed by atoms with van der Waals surface area (Å²) in [5.41, 5.74) is 0. The Kier molecular flexibility index (Phi) is 4.06. The van der Waals surface area contributed by atoms with Crippen molar-refractivity contribution in [3.63, 3.8) is 0 Å². The molecule has 3 fully saturated rings. The Balaban J connectivity index is 1.73. The molecule has 6 nitrogen and oxygen atoms in total. The fraction of sp³-hybridized carbons (Fsp3) is 0.867. The minimum atomic E-state index is -0.745. The lowest BCUT2D eigenvalue weighted by Gasteiger charge is -2.38. The predicted octanol–water partition coefficient (Wildman–Crippen LogP) is 1.12. The number of carbonyl (C=O) groups is 2. The molecule has 3 saturated heterocycles. The van der Waals surface area contributed by atoms with Gasteiger partial charge in [-0.3, -0.25) is 4.79 Å². The lowest BCUT2D eigenvalue weighted by atomic mass is 9.89. The second kappa shape index (κ2) is 5.83. The van der Waals surface area contributed by atoms with Gasteiger partial charge in [-0.15, -0.1) is 0 Å². The first-order valence-corrected chi connectivity index (χ1v) is 8.16. The van der Waals surface area contributed by atoms with Crippen LogP contribution in [0.5, 0.6) is 0 Å². The number of carbonyl (C=O) groups excluding carboxylic acids is 1. The lowest BCUT2D eigenvalue weighted by molar-refractivity contribution is -0.142. The lowest BCUT2D eigenvalue weighted by Crippen LogP contribution is -2.52. The molecular formula is C15H25N3O3. The van der Waals surface area contributed by atoms with Gasteiger partial charge in [0.25, 0.3) is 0 Å². The molecule has 3 atom stereocenters. The van der Waals surface area contributed by atoms with Crippen molar-refractivity contribution in [3.05, 3.63) is 0 Å². The first kappa shape index (κ1) is 14.6. The Labute approximate surface area is 125 Å². The zero-order valence-electron chi connectivity index (χ0n) is 12.6. The van der Waals surface area contributed by atoms with E-state index in [0.717, 1.165) is 38.8 Å². The van der Waals surface area contributed by atoms with E-state index in [1.54, 1.807) is 0 Å². The van der Waals surface area contributed by atoms with E-state index in [-0.39, 0.29) is 24.0 Å². The highest BCUT2D eigenvalue weighted by Crippen LogP contribution is 2.42. The minimum Gasteiger partial charge on any atom is -0.481 e. The monoisotopic (exact) mass is 295 g/mol. The third kappa shape index (κ3) is 2.50. The van der Waals surface area contributed by atoms with E-state index in [1.807, 2.05) is 16.7 Å². The van der Waals surface area contributed by atoms with Gasteiger partial charge in [-0.25, -0.2) is 4.79 Å². The summed E-state index contributed by atoms with van der Waals surface area (Å²) in [6, 6.07) is 0.419. The average Bonchev–Trinajstić information content (AvgIpc) is 3.06. The molecule has 2 amide bonds. The van der Waals surface area contributed by atoms with E-state index in [4.69, 9.17) is 0 Å². The van der Waals surface area contributed by atoms with Gasteiger partial charge in [-0.2, -0.15) is 0 Å². The molecule has 0 aliphatic carbocycles. The van der Waals surface area contributed by atoms with Crippen molar-refractivity contribution in [3.8, 4) is 0 Å². The number of hydrogen-bond acceptors (Lipinski definition) is 3. The van der Waals surface area contributed by atoms with Gasteiger partial charge in [0.15, 0.2) is 0 Å². The van der Waals surface area contributed by atoms with E-state index in [9.17, 15) is 14.7 Å². The Morgan fingerprint density at radius 1 is 1.24 bits per heavy atom. The molecule has 0 aromatic heterocycles. The van der Waals surface area contributed by atoms with Gasteiger partial charge in [-0.1, -0.05) is 0 Å². The molecule has 21 heavy (non-hydrogen) atoms. The van der Waals surface area contributed by atoms with Gasteiger partial charge in [0.05, 0.1) is 5.92 Å². The fourth-order valence-electron chi connectivity index (χ4n) is 4.37. The summed E-state index contributed by atoms with van der Waals surface area (Å²) in [6.45, 7) is 4.64. The van der Waals surface area contributed by atoms with Crippen molar-refractivity contribution < 1.29 is 14.7 Å². The molecule has 0 aromatic rings. The normalized spacial score (nSPS) is 32.4. The summed E-state index contributed by atoms with van der Waals surface area (Å²) in [6.07, 6.45) is 4.42. The molecular weight excluding hydrogens is 270 g/mol. The number of piperidine rings is 1. The van der Waals surface area contributed by atoms with Crippen LogP contribution in [0, 0.1) is 5.92 Å². The van der Waals surface area contributed by atoms with Gasteiger partial charge in [0.2, 0.25) is 0 Å². The van der Waals surface area contributed by atoms with Crippen LogP contribution in [0.2, 0.25) is 0 Å². The zero-order valence-corrected chi connectivity index (χ0v) is 12.6. The van der Waals surface area contributed by atoms with Gasteiger partial charge in [-0.05, 0) is 52.1 Å². The molecule has 2 N–H and O–H groups in total. The molecule has 0 saturated carbocycles. The van der Waals surface area contributed by atoms with Gasteiger partial charge >= 0.3 is 12.0 Å². The van der Waals surface area contributed by atoms with Crippen LogP contribution in [-0.4, -0.2) is 64.7 Å². The summed E-state index contributed by atoms with van der Waals surface area (Å²) in [5.74, 6) is -1.11. The number of fused-ring (bicyclic) bond motifs is 2. The van der Waals surface area contributed by atoms with E-state index in [2.05, 4.69) is 5.32 Å². The maximum Gasteiger partial charge on any atom is 0.320 e. The minimum absolute atomic E-state index is 0.0700. The van der Waals surface area contributed by atoms with Crippen LogP contribution >= 0.6 is 0 Å². The second-order valence-electron chi connectivity index (χ2n) is 6.44. The van der Waals surface area contributed by atoms with Crippen molar-refractivity contribution in [1.29, 1.82) is 0 Å². The maximum absolute atomic E-state index is 12.9. The number of aliphatic carboxylic acids is 1. The number of carboxylic acid groups (broad SMARTS) is 1. The number of rotatable bonds is 3. The molecule has 2 bridgehead atoms. The summed E-state index contributed by atoms with van der Waals surface area (Å²) in [7, 11) is 0. The van der Waals surface area contributed by atoms with Crippen molar-refractivity contribution in [2.24, 2.45) is 5.92 Å². The molecule has 3 aliphatic heterocycles. The van der Waals surface area contributed by atoms with E-state index in [0.29, 0.717) is 19.0 Å². The third-order valence-corrected chi connectivity index (χ3v) is 5.41. The highest BCUT2D eigenvalue weighted by molar-refractivity contribution is 5.79. The molecule has 118 valence electrons. The standard InChI is InChI=1S/C15H25N3O3/c1-2-17(10-5-7-16-8-6-10)15(21)18-11-3-4-13(18)12(9-11)14(19)20/h10-13,16H,2-9H2,1H3,(H,19,20). The predicted molar refractivity (Wildman–Crippen MR) is 78.1 cm³/mol. The summed E-state index contributed by atoms with van der Waals surface area (Å²) >= 11 is 0. The van der Waals surface area contributed by atoms with Crippen LogP contribution in [-0.2, 0) is 4.79 Å². The Morgan fingerprint density at radius 3 is 2.52 bits per heavy atom. The van der Waals surface area contributed by atoms with Gasteiger partial charge < -0.3 is 20.2 Å². The molecule has 3 aliphatic rings. The Bertz CT molecular complexity index is 422. The van der Waals surface area contributed by atoms with Gasteiger partial charge in [0, 0.05) is 24.7 Å². The average molecular weight is 295 g/mol. The zero-order chi connectivity index (χ0) is 15.0. The number of urea groups is 1.